The Kier molecular flexibility index (Phi) is 6.70. The summed E-state index contributed by atoms with van der Waals surface area (Å²) in [6, 6.07) is -3.93. The molecular weight excluding hydrogens is 352 g/mol. The molecular formula is C13H21F2NO5S2. The van der Waals surface area contributed by atoms with Crippen molar-refractivity contribution in [1.82, 2.24) is 5.32 Å². The van der Waals surface area contributed by atoms with Crippen LogP contribution >= 0.6 is 0 Å². The van der Waals surface area contributed by atoms with Crippen LogP contribution in [0.25, 0.3) is 0 Å². The first kappa shape index (κ1) is 20.0. The molecule has 1 fully saturated rings. The average molecular weight is 373 g/mol. The van der Waals surface area contributed by atoms with E-state index < -0.39 is 42.2 Å². The van der Waals surface area contributed by atoms with Crippen molar-refractivity contribution in [1.29, 1.82) is 0 Å². The molecule has 0 spiro atoms. The van der Waals surface area contributed by atoms with Crippen molar-refractivity contribution in [3.05, 3.63) is 12.2 Å². The molecule has 134 valence electrons. The van der Waals surface area contributed by atoms with E-state index in [4.69, 9.17) is 0 Å². The topological polar surface area (TPSA) is 97.4 Å². The number of rotatable bonds is 7. The predicted molar refractivity (Wildman–Crippen MR) is 82.3 cm³/mol. The zero-order chi connectivity index (χ0) is 17.8. The van der Waals surface area contributed by atoms with Gasteiger partial charge in [0.1, 0.15) is 0 Å². The fourth-order valence-corrected chi connectivity index (χ4v) is 6.84. The number of carbonyl (C=O) groups excluding carboxylic acids is 1. The second kappa shape index (κ2) is 7.69. The minimum atomic E-state index is -4.58. The van der Waals surface area contributed by atoms with Crippen LogP contribution in [0, 0.1) is 5.92 Å². The van der Waals surface area contributed by atoms with Crippen LogP contribution in [0.5, 0.6) is 0 Å². The highest BCUT2D eigenvalue weighted by atomic mass is 32.3. The summed E-state index contributed by atoms with van der Waals surface area (Å²) in [5.74, 6) is -1.22. The minimum absolute atomic E-state index is 0.143. The molecule has 0 aromatic carbocycles. The Hall–Kier alpha value is -1.03. The number of carbonyl (C=O) groups is 1. The molecule has 0 radical (unpaired) electrons. The first-order valence-electron chi connectivity index (χ1n) is 7.06. The van der Waals surface area contributed by atoms with Gasteiger partial charge in [-0.1, -0.05) is 6.58 Å². The molecule has 6 nitrogen and oxygen atoms in total. The summed E-state index contributed by atoms with van der Waals surface area (Å²) < 4.78 is 70.4. The van der Waals surface area contributed by atoms with Crippen LogP contribution in [0.2, 0.25) is 0 Å². The highest BCUT2D eigenvalue weighted by Gasteiger charge is 2.44. The van der Waals surface area contributed by atoms with Crippen molar-refractivity contribution >= 4 is 25.6 Å². The van der Waals surface area contributed by atoms with Crippen LogP contribution in [0.15, 0.2) is 12.2 Å². The van der Waals surface area contributed by atoms with E-state index in [2.05, 4.69) is 11.9 Å². The van der Waals surface area contributed by atoms with E-state index in [1.54, 1.807) is 6.92 Å². The number of halogens is 2. The Bertz CT molecular complexity index is 618. The van der Waals surface area contributed by atoms with Gasteiger partial charge in [0.05, 0.1) is 0 Å². The number of alkyl halides is 2. The van der Waals surface area contributed by atoms with Gasteiger partial charge in [0.2, 0.25) is 5.91 Å². The smallest absolute Gasteiger partial charge is 0.246 e. The lowest BCUT2D eigenvalue weighted by Gasteiger charge is -2.32. The molecule has 23 heavy (non-hydrogen) atoms. The molecule has 0 aromatic rings. The molecule has 1 amide bonds. The van der Waals surface area contributed by atoms with Crippen molar-refractivity contribution in [3.63, 3.8) is 0 Å². The molecule has 1 saturated carbocycles. The Morgan fingerprint density at radius 1 is 1.09 bits per heavy atom. The molecule has 0 bridgehead atoms. The van der Waals surface area contributed by atoms with Gasteiger partial charge in [0.15, 0.2) is 36.3 Å². The third-order valence-electron chi connectivity index (χ3n) is 3.89. The van der Waals surface area contributed by atoms with E-state index in [1.807, 2.05) is 0 Å². The van der Waals surface area contributed by atoms with Gasteiger partial charge in [0.25, 0.3) is 0 Å². The van der Waals surface area contributed by atoms with Crippen LogP contribution in [-0.2, 0) is 24.5 Å². The maximum atomic E-state index is 12.7. The van der Waals surface area contributed by atoms with Crippen LogP contribution in [0.3, 0.4) is 0 Å². The summed E-state index contributed by atoms with van der Waals surface area (Å²) in [5, 5.41) is 2.70. The second-order valence-corrected chi connectivity index (χ2v) is 10.2. The fourth-order valence-electron chi connectivity index (χ4n) is 2.78. The lowest BCUT2D eigenvalue weighted by Crippen LogP contribution is -2.44. The monoisotopic (exact) mass is 373 g/mol. The first-order chi connectivity index (χ1) is 10.5. The van der Waals surface area contributed by atoms with Gasteiger partial charge < -0.3 is 5.32 Å². The summed E-state index contributed by atoms with van der Waals surface area (Å²) in [6.07, 6.45) is 0.960. The average Bonchev–Trinajstić information content (AvgIpc) is 2.48. The maximum Gasteiger partial charge on any atom is 0.246 e. The van der Waals surface area contributed by atoms with Gasteiger partial charge in [-0.05, 0) is 38.5 Å². The summed E-state index contributed by atoms with van der Waals surface area (Å²) >= 11 is 0. The SMILES string of the molecule is C=C(C)C(=O)NC1CCC(C(S(=O)(=O)CF)S(=O)(=O)CF)CC1. The zero-order valence-electron chi connectivity index (χ0n) is 12.8. The fraction of sp³-hybridized carbons (Fsp3) is 0.769. The Labute approximate surface area is 135 Å². The van der Waals surface area contributed by atoms with E-state index >= 15 is 0 Å². The Morgan fingerprint density at radius 2 is 1.52 bits per heavy atom. The van der Waals surface area contributed by atoms with Crippen molar-refractivity contribution in [2.45, 2.75) is 43.2 Å². The molecule has 0 unspecified atom stereocenters. The summed E-state index contributed by atoms with van der Waals surface area (Å²) in [7, 11) is -9.16. The summed E-state index contributed by atoms with van der Waals surface area (Å²) in [5.41, 5.74) is 0.324. The molecule has 1 rings (SSSR count). The standard InChI is InChI=1S/C13H21F2NO5S2/c1-9(2)12(17)16-11-5-3-10(4-6-11)13(22(18,19)7-14)23(20,21)8-15/h10-11,13H,1,3-8H2,2H3,(H,16,17). The lowest BCUT2D eigenvalue weighted by molar-refractivity contribution is -0.118. The van der Waals surface area contributed by atoms with Crippen LogP contribution in [0.1, 0.15) is 32.6 Å². The molecule has 1 aliphatic rings. The van der Waals surface area contributed by atoms with Crippen molar-refractivity contribution in [3.8, 4) is 0 Å². The van der Waals surface area contributed by atoms with Gasteiger partial charge in [-0.3, -0.25) is 4.79 Å². The molecule has 1 N–H and O–H groups in total. The third-order valence-corrected chi connectivity index (χ3v) is 8.44. The minimum Gasteiger partial charge on any atom is -0.350 e. The number of sulfone groups is 2. The summed E-state index contributed by atoms with van der Waals surface area (Å²) in [4.78, 5) is 11.5. The van der Waals surface area contributed by atoms with Crippen molar-refractivity contribution in [2.24, 2.45) is 5.92 Å². The summed E-state index contributed by atoms with van der Waals surface area (Å²) in [6.45, 7) is 5.04. The number of nitrogens with one attached hydrogen (secondary N) is 1. The van der Waals surface area contributed by atoms with Crippen molar-refractivity contribution in [2.75, 3.05) is 12.0 Å². The zero-order valence-corrected chi connectivity index (χ0v) is 14.4. The van der Waals surface area contributed by atoms with Gasteiger partial charge in [-0.25, -0.2) is 25.6 Å². The molecule has 0 aliphatic heterocycles. The Balaban J connectivity index is 2.87. The quantitative estimate of drug-likeness (QED) is 0.677. The predicted octanol–water partition coefficient (Wildman–Crippen LogP) is 1.25. The third kappa shape index (κ3) is 4.97. The van der Waals surface area contributed by atoms with Gasteiger partial charge in [-0.15, -0.1) is 0 Å². The number of hydrogen-bond donors (Lipinski definition) is 1. The van der Waals surface area contributed by atoms with Crippen LogP contribution in [0.4, 0.5) is 8.78 Å². The Morgan fingerprint density at radius 3 is 1.87 bits per heavy atom. The normalized spacial score (nSPS) is 22.8. The van der Waals surface area contributed by atoms with E-state index in [9.17, 15) is 30.4 Å². The number of hydrogen-bond acceptors (Lipinski definition) is 5. The van der Waals surface area contributed by atoms with Crippen LogP contribution in [-0.4, -0.2) is 45.4 Å². The lowest BCUT2D eigenvalue weighted by atomic mass is 9.87. The molecule has 0 saturated heterocycles. The maximum absolute atomic E-state index is 12.7. The van der Waals surface area contributed by atoms with Crippen molar-refractivity contribution < 1.29 is 30.4 Å². The largest absolute Gasteiger partial charge is 0.350 e. The highest BCUT2D eigenvalue weighted by molar-refractivity contribution is 8.08. The molecule has 0 aromatic heterocycles. The molecule has 0 atom stereocenters. The van der Waals surface area contributed by atoms with E-state index in [0.717, 1.165) is 0 Å². The number of amides is 1. The second-order valence-electron chi connectivity index (χ2n) is 5.78. The molecule has 1 aliphatic carbocycles. The van der Waals surface area contributed by atoms with Gasteiger partial charge >= 0.3 is 0 Å². The van der Waals surface area contributed by atoms with E-state index in [0.29, 0.717) is 18.4 Å². The van der Waals surface area contributed by atoms with E-state index in [1.165, 1.54) is 0 Å². The molecule has 10 heteroatoms. The first-order valence-corrected chi connectivity index (χ1v) is 10.5. The van der Waals surface area contributed by atoms with Gasteiger partial charge in [0, 0.05) is 11.6 Å². The highest BCUT2D eigenvalue weighted by Crippen LogP contribution is 2.34. The van der Waals surface area contributed by atoms with Gasteiger partial charge in [-0.2, -0.15) is 0 Å². The van der Waals surface area contributed by atoms with E-state index in [-0.39, 0.29) is 24.8 Å². The van der Waals surface area contributed by atoms with Crippen LogP contribution < -0.4 is 5.32 Å². The molecule has 0 heterocycles.